The summed E-state index contributed by atoms with van der Waals surface area (Å²) in [6.07, 6.45) is 1.93. The Balaban J connectivity index is 1.47. The molecule has 42 heavy (non-hydrogen) atoms. The van der Waals surface area contributed by atoms with Gasteiger partial charge in [-0.25, -0.2) is 4.79 Å². The highest BCUT2D eigenvalue weighted by Gasteiger charge is 2.38. The van der Waals surface area contributed by atoms with Gasteiger partial charge in [0.25, 0.3) is 5.91 Å². The first-order chi connectivity index (χ1) is 20.1. The van der Waals surface area contributed by atoms with Gasteiger partial charge in [-0.2, -0.15) is 0 Å². The smallest absolute Gasteiger partial charge is 0.410 e. The van der Waals surface area contributed by atoms with Crippen molar-refractivity contribution in [3.63, 3.8) is 0 Å². The summed E-state index contributed by atoms with van der Waals surface area (Å²) in [5.74, 6) is 0.613. The number of hydrogen-bond donors (Lipinski definition) is 0. The van der Waals surface area contributed by atoms with E-state index in [1.165, 1.54) is 0 Å². The lowest BCUT2D eigenvalue weighted by atomic mass is 9.92. The number of carbonyl (C=O) groups is 2. The van der Waals surface area contributed by atoms with Crippen LogP contribution in [-0.2, 0) is 22.7 Å². The van der Waals surface area contributed by atoms with Crippen LogP contribution in [0, 0.1) is 0 Å². The Kier molecular flexibility index (Phi) is 9.14. The summed E-state index contributed by atoms with van der Waals surface area (Å²) in [7, 11) is 0. The van der Waals surface area contributed by atoms with Crippen LogP contribution in [0.4, 0.5) is 4.79 Å². The van der Waals surface area contributed by atoms with Gasteiger partial charge in [0.1, 0.15) is 18.0 Å². The van der Waals surface area contributed by atoms with Crippen molar-refractivity contribution in [2.45, 2.75) is 64.8 Å². The van der Waals surface area contributed by atoms with Crippen LogP contribution in [0.1, 0.15) is 56.7 Å². The molecule has 0 saturated heterocycles. The Morgan fingerprint density at radius 1 is 0.976 bits per heavy atom. The van der Waals surface area contributed by atoms with E-state index in [9.17, 15) is 9.59 Å². The Morgan fingerprint density at radius 2 is 1.71 bits per heavy atom. The van der Waals surface area contributed by atoms with Gasteiger partial charge in [0.2, 0.25) is 0 Å². The van der Waals surface area contributed by atoms with Crippen LogP contribution in [0.15, 0.2) is 78.4 Å². The third-order valence-corrected chi connectivity index (χ3v) is 8.16. The molecule has 0 radical (unpaired) electrons. The van der Waals surface area contributed by atoms with Gasteiger partial charge >= 0.3 is 6.09 Å². The molecule has 0 atom stereocenters. The zero-order valence-corrected chi connectivity index (χ0v) is 25.8. The van der Waals surface area contributed by atoms with Crippen molar-refractivity contribution in [1.82, 2.24) is 9.80 Å². The summed E-state index contributed by atoms with van der Waals surface area (Å²) in [5, 5.41) is 0.910. The predicted molar refractivity (Wildman–Crippen MR) is 167 cm³/mol. The van der Waals surface area contributed by atoms with Crippen molar-refractivity contribution in [3.05, 3.63) is 105 Å². The second kappa shape index (κ2) is 12.8. The van der Waals surface area contributed by atoms with Gasteiger partial charge in [-0.1, -0.05) is 77.8 Å². The topological polar surface area (TPSA) is 59.1 Å². The van der Waals surface area contributed by atoms with E-state index in [4.69, 9.17) is 32.7 Å². The summed E-state index contributed by atoms with van der Waals surface area (Å²) in [5.41, 5.74) is 3.62. The van der Waals surface area contributed by atoms with Gasteiger partial charge < -0.3 is 19.3 Å². The highest BCUT2D eigenvalue weighted by atomic mass is 35.5. The summed E-state index contributed by atoms with van der Waals surface area (Å²) < 4.78 is 11.8. The number of rotatable bonds is 8. The number of ether oxygens (including phenoxy) is 2. The molecule has 3 aromatic carbocycles. The molecule has 1 aliphatic carbocycles. The molecule has 0 unspecified atom stereocenters. The predicted octanol–water partition coefficient (Wildman–Crippen LogP) is 8.16. The summed E-state index contributed by atoms with van der Waals surface area (Å²) in [6, 6.07) is 23.4. The third kappa shape index (κ3) is 7.47. The average Bonchev–Trinajstić information content (AvgIpc) is 3.81. The van der Waals surface area contributed by atoms with E-state index in [-0.39, 0.29) is 18.5 Å². The van der Waals surface area contributed by atoms with E-state index in [2.05, 4.69) is 0 Å². The van der Waals surface area contributed by atoms with E-state index < -0.39 is 11.7 Å². The summed E-state index contributed by atoms with van der Waals surface area (Å²) >= 11 is 12.8. The fourth-order valence-corrected chi connectivity index (χ4v) is 5.44. The van der Waals surface area contributed by atoms with Crippen molar-refractivity contribution < 1.29 is 19.1 Å². The zero-order valence-electron chi connectivity index (χ0n) is 24.2. The minimum absolute atomic E-state index is 0.104. The molecule has 5 rings (SSSR count). The van der Waals surface area contributed by atoms with Crippen molar-refractivity contribution in [2.24, 2.45) is 0 Å². The maximum absolute atomic E-state index is 14.4. The molecule has 2 amide bonds. The van der Waals surface area contributed by atoms with Crippen molar-refractivity contribution in [3.8, 4) is 5.75 Å². The van der Waals surface area contributed by atoms with Crippen LogP contribution < -0.4 is 4.74 Å². The first-order valence-corrected chi connectivity index (χ1v) is 15.1. The number of carbonyl (C=O) groups excluding carboxylic acids is 2. The van der Waals surface area contributed by atoms with Crippen molar-refractivity contribution >= 4 is 40.8 Å². The first kappa shape index (κ1) is 30.0. The monoisotopic (exact) mass is 606 g/mol. The van der Waals surface area contributed by atoms with Gasteiger partial charge in [0, 0.05) is 24.7 Å². The Labute approximate surface area is 257 Å². The highest BCUT2D eigenvalue weighted by Crippen LogP contribution is 2.37. The summed E-state index contributed by atoms with van der Waals surface area (Å²) in [6.45, 7) is 6.90. The zero-order chi connectivity index (χ0) is 29.9. The molecular formula is C34H36Cl2N2O4. The van der Waals surface area contributed by atoms with Gasteiger partial charge in [0.05, 0.1) is 16.6 Å². The van der Waals surface area contributed by atoms with Crippen molar-refractivity contribution in [2.75, 3.05) is 13.1 Å². The molecule has 8 heteroatoms. The fraction of sp³-hybridized carbons (Fsp3) is 0.353. The molecule has 1 heterocycles. The number of amides is 2. The molecule has 220 valence electrons. The van der Waals surface area contributed by atoms with E-state index in [1.807, 2.05) is 92.4 Å². The Hall–Kier alpha value is -3.48. The molecule has 3 aromatic rings. The van der Waals surface area contributed by atoms with Crippen molar-refractivity contribution in [1.29, 1.82) is 0 Å². The molecule has 6 nitrogen and oxygen atoms in total. The van der Waals surface area contributed by atoms with Gasteiger partial charge in [-0.05, 0) is 80.5 Å². The molecular weight excluding hydrogens is 571 g/mol. The standard InChI is InChI=1S/C34H36Cl2N2O4/c1-34(2,3)42-33(40)37-18-17-28(24-11-7-13-27(19-24)41-22-23-9-5-4-6-10-23)29(21-37)32(39)38(26-15-16-26)20-25-12-8-14-30(35)31(25)36/h4-14,19,26H,15-18,20-22H2,1-3H3. The van der Waals surface area contributed by atoms with Crippen LogP contribution in [0.3, 0.4) is 0 Å². The van der Waals surface area contributed by atoms with E-state index >= 15 is 0 Å². The molecule has 2 aliphatic rings. The molecule has 0 spiro atoms. The normalized spacial score (nSPS) is 15.4. The third-order valence-electron chi connectivity index (χ3n) is 7.31. The van der Waals surface area contributed by atoms with Gasteiger partial charge in [-0.15, -0.1) is 0 Å². The van der Waals surface area contributed by atoms with Crippen LogP contribution in [0.5, 0.6) is 5.75 Å². The molecule has 0 aromatic heterocycles. The molecule has 1 fully saturated rings. The maximum atomic E-state index is 14.4. The minimum atomic E-state index is -0.640. The van der Waals surface area contributed by atoms with Gasteiger partial charge in [0.15, 0.2) is 0 Å². The first-order valence-electron chi connectivity index (χ1n) is 14.3. The lowest BCUT2D eigenvalue weighted by Crippen LogP contribution is -2.44. The number of benzene rings is 3. The van der Waals surface area contributed by atoms with E-state index in [0.717, 1.165) is 40.9 Å². The molecule has 0 N–H and O–H groups in total. The average molecular weight is 608 g/mol. The van der Waals surface area contributed by atoms with Crippen LogP contribution in [-0.4, -0.2) is 46.5 Å². The van der Waals surface area contributed by atoms with Crippen LogP contribution >= 0.6 is 23.2 Å². The van der Waals surface area contributed by atoms with Crippen LogP contribution in [0.2, 0.25) is 10.0 Å². The minimum Gasteiger partial charge on any atom is -0.489 e. The molecule has 0 bridgehead atoms. The fourth-order valence-electron chi connectivity index (χ4n) is 5.06. The highest BCUT2D eigenvalue weighted by molar-refractivity contribution is 6.42. The lowest BCUT2D eigenvalue weighted by Gasteiger charge is -2.34. The SMILES string of the molecule is CC(C)(C)OC(=O)N1CCC(c2cccc(OCc3ccccc3)c2)=C(C(=O)N(Cc2cccc(Cl)c2Cl)C2CC2)C1. The second-order valence-electron chi connectivity index (χ2n) is 11.8. The van der Waals surface area contributed by atoms with Crippen LogP contribution in [0.25, 0.3) is 5.57 Å². The largest absolute Gasteiger partial charge is 0.489 e. The Morgan fingerprint density at radius 3 is 2.43 bits per heavy atom. The summed E-state index contributed by atoms with van der Waals surface area (Å²) in [4.78, 5) is 31.0. The lowest BCUT2D eigenvalue weighted by molar-refractivity contribution is -0.128. The number of nitrogens with zero attached hydrogens (tertiary/aromatic N) is 2. The van der Waals surface area contributed by atoms with E-state index in [1.54, 1.807) is 11.0 Å². The molecule has 1 saturated carbocycles. The number of hydrogen-bond acceptors (Lipinski definition) is 4. The Bertz CT molecular complexity index is 1480. The van der Waals surface area contributed by atoms with Gasteiger partial charge in [-0.3, -0.25) is 4.79 Å². The number of halogens is 2. The maximum Gasteiger partial charge on any atom is 0.410 e. The molecule has 1 aliphatic heterocycles. The quantitative estimate of drug-likeness (QED) is 0.259. The van der Waals surface area contributed by atoms with E-state index in [0.29, 0.717) is 41.7 Å². The second-order valence-corrected chi connectivity index (χ2v) is 12.6.